The summed E-state index contributed by atoms with van der Waals surface area (Å²) in [6, 6.07) is 14.8. The summed E-state index contributed by atoms with van der Waals surface area (Å²) in [5, 5.41) is 4.77. The number of halogens is 1. The summed E-state index contributed by atoms with van der Waals surface area (Å²) < 4.78 is 35.4. The fourth-order valence-electron chi connectivity index (χ4n) is 4.43. The fourth-order valence-corrected chi connectivity index (χ4v) is 6.27. The third-order valence-corrected chi connectivity index (χ3v) is 8.37. The lowest BCUT2D eigenvalue weighted by Gasteiger charge is -2.36. The number of aryl methyl sites for hydroxylation is 1. The van der Waals surface area contributed by atoms with E-state index in [0.717, 1.165) is 22.6 Å². The number of piperazine rings is 1. The number of fused-ring (bicyclic) bond motifs is 1. The first-order chi connectivity index (χ1) is 16.9. The molecule has 5 rings (SSSR count). The highest BCUT2D eigenvalue weighted by Crippen LogP contribution is 2.32. The van der Waals surface area contributed by atoms with E-state index in [1.807, 2.05) is 25.1 Å². The number of methoxy groups -OCH3 is 1. The molecule has 182 valence electrons. The average Bonchev–Trinajstić information content (AvgIpc) is 3.33. The smallest absolute Gasteiger partial charge is 0.254 e. The zero-order chi connectivity index (χ0) is 24.6. The van der Waals surface area contributed by atoms with Crippen molar-refractivity contribution in [2.24, 2.45) is 0 Å². The Hall–Kier alpha value is -3.21. The molecule has 9 nitrogen and oxygen atoms in total. The molecule has 0 bridgehead atoms. The summed E-state index contributed by atoms with van der Waals surface area (Å²) in [7, 11) is -2.33. The molecule has 11 heteroatoms. The Morgan fingerprint density at radius 2 is 1.80 bits per heavy atom. The highest BCUT2D eigenvalue weighted by Gasteiger charge is 2.33. The van der Waals surface area contributed by atoms with Crippen molar-refractivity contribution >= 4 is 33.2 Å². The Morgan fingerprint density at radius 1 is 1.06 bits per heavy atom. The van der Waals surface area contributed by atoms with Gasteiger partial charge in [0.25, 0.3) is 5.78 Å². The summed E-state index contributed by atoms with van der Waals surface area (Å²) in [5.41, 5.74) is 3.08. The van der Waals surface area contributed by atoms with E-state index in [9.17, 15) is 8.42 Å². The van der Waals surface area contributed by atoms with Gasteiger partial charge in [-0.1, -0.05) is 41.9 Å². The summed E-state index contributed by atoms with van der Waals surface area (Å²) in [6.45, 7) is 3.56. The Labute approximate surface area is 209 Å². The first-order valence-electron chi connectivity index (χ1n) is 11.2. The van der Waals surface area contributed by atoms with Gasteiger partial charge in [0.15, 0.2) is 0 Å². The number of benzene rings is 2. The highest BCUT2D eigenvalue weighted by molar-refractivity contribution is 7.89. The minimum absolute atomic E-state index is 0.0733. The van der Waals surface area contributed by atoms with Crippen molar-refractivity contribution in [3.63, 3.8) is 0 Å². The quantitative estimate of drug-likeness (QED) is 0.391. The molecule has 0 aliphatic carbocycles. The van der Waals surface area contributed by atoms with Crippen molar-refractivity contribution in [1.82, 2.24) is 23.9 Å². The second-order valence-corrected chi connectivity index (χ2v) is 10.7. The third-order valence-electron chi connectivity index (χ3n) is 6.21. The van der Waals surface area contributed by atoms with Crippen LogP contribution in [0.1, 0.15) is 16.8 Å². The van der Waals surface area contributed by atoms with Gasteiger partial charge >= 0.3 is 0 Å². The van der Waals surface area contributed by atoms with Crippen LogP contribution in [0.15, 0.2) is 59.8 Å². The van der Waals surface area contributed by atoms with Crippen LogP contribution in [-0.2, 0) is 16.4 Å². The molecule has 0 saturated carbocycles. The predicted octanol–water partition coefficient (Wildman–Crippen LogP) is 3.20. The molecule has 2 aromatic carbocycles. The van der Waals surface area contributed by atoms with Crippen LogP contribution in [0.3, 0.4) is 0 Å². The molecule has 1 saturated heterocycles. The highest BCUT2D eigenvalue weighted by atomic mass is 35.5. The average molecular weight is 513 g/mol. The van der Waals surface area contributed by atoms with Gasteiger partial charge in [-0.15, -0.1) is 0 Å². The van der Waals surface area contributed by atoms with Gasteiger partial charge in [0.2, 0.25) is 10.0 Å². The Kier molecular flexibility index (Phi) is 6.35. The molecule has 35 heavy (non-hydrogen) atoms. The summed E-state index contributed by atoms with van der Waals surface area (Å²) >= 11 is 6.10. The van der Waals surface area contributed by atoms with E-state index in [4.69, 9.17) is 16.3 Å². The van der Waals surface area contributed by atoms with Crippen LogP contribution < -0.4 is 9.64 Å². The molecule has 1 aliphatic rings. The molecule has 0 amide bonds. The van der Waals surface area contributed by atoms with Crippen LogP contribution in [0.4, 0.5) is 5.82 Å². The molecule has 2 aromatic heterocycles. The van der Waals surface area contributed by atoms with E-state index >= 15 is 0 Å². The van der Waals surface area contributed by atoms with Crippen molar-refractivity contribution < 1.29 is 13.2 Å². The Bertz CT molecular complexity index is 1470. The zero-order valence-corrected chi connectivity index (χ0v) is 21.0. The van der Waals surface area contributed by atoms with Crippen LogP contribution in [0.25, 0.3) is 5.78 Å². The van der Waals surface area contributed by atoms with Crippen molar-refractivity contribution in [3.8, 4) is 5.75 Å². The van der Waals surface area contributed by atoms with Crippen LogP contribution in [0.5, 0.6) is 5.75 Å². The molecule has 0 unspecified atom stereocenters. The van der Waals surface area contributed by atoms with Crippen molar-refractivity contribution in [3.05, 3.63) is 76.7 Å². The SMILES string of the molecule is COc1ccc(Cl)cc1S(=O)(=O)N1CCN(c2c(Cc3ccccc3)c(C)nc3ncnn23)CC1. The molecular formula is C24H25ClN6O3S. The lowest BCUT2D eigenvalue weighted by molar-refractivity contribution is 0.373. The number of anilines is 1. The summed E-state index contributed by atoms with van der Waals surface area (Å²) in [5.74, 6) is 1.69. The van der Waals surface area contributed by atoms with Crippen LogP contribution in [-0.4, -0.2) is 65.6 Å². The lowest BCUT2D eigenvalue weighted by atomic mass is 10.0. The van der Waals surface area contributed by atoms with E-state index in [-0.39, 0.29) is 10.6 Å². The summed E-state index contributed by atoms with van der Waals surface area (Å²) in [6.07, 6.45) is 2.17. The number of ether oxygens (including phenoxy) is 1. The number of rotatable bonds is 6. The second-order valence-electron chi connectivity index (χ2n) is 8.32. The minimum atomic E-state index is -3.78. The monoisotopic (exact) mass is 512 g/mol. The standard InChI is InChI=1S/C24H25ClN6O3S/c1-17-20(14-18-6-4-3-5-7-18)23(31-24(28-17)26-16-27-31)29-10-12-30(13-11-29)35(32,33)22-15-19(25)8-9-21(22)34-2/h3-9,15-16H,10-14H2,1-2H3. The number of sulfonamides is 1. The Morgan fingerprint density at radius 3 is 2.51 bits per heavy atom. The maximum atomic E-state index is 13.4. The molecule has 3 heterocycles. The fraction of sp³-hybridized carbons (Fsp3) is 0.292. The van der Waals surface area contributed by atoms with Gasteiger partial charge < -0.3 is 9.64 Å². The second kappa shape index (κ2) is 9.44. The van der Waals surface area contributed by atoms with E-state index in [2.05, 4.69) is 32.1 Å². The van der Waals surface area contributed by atoms with Crippen LogP contribution in [0, 0.1) is 6.92 Å². The van der Waals surface area contributed by atoms with Gasteiger partial charge in [0.1, 0.15) is 22.8 Å². The van der Waals surface area contributed by atoms with E-state index < -0.39 is 10.0 Å². The maximum Gasteiger partial charge on any atom is 0.254 e. The molecule has 0 atom stereocenters. The normalized spacial score (nSPS) is 15.0. The third kappa shape index (κ3) is 4.44. The van der Waals surface area contributed by atoms with Gasteiger partial charge in [-0.2, -0.15) is 18.9 Å². The number of hydrogen-bond donors (Lipinski definition) is 0. The molecule has 0 radical (unpaired) electrons. The van der Waals surface area contributed by atoms with Crippen molar-refractivity contribution in [2.75, 3.05) is 38.2 Å². The lowest BCUT2D eigenvalue weighted by Crippen LogP contribution is -2.49. The summed E-state index contributed by atoms with van der Waals surface area (Å²) in [4.78, 5) is 11.2. The zero-order valence-electron chi connectivity index (χ0n) is 19.4. The first-order valence-corrected chi connectivity index (χ1v) is 13.0. The number of nitrogens with zero attached hydrogens (tertiary/aromatic N) is 6. The van der Waals surface area contributed by atoms with Gasteiger partial charge in [-0.3, -0.25) is 0 Å². The molecule has 0 N–H and O–H groups in total. The van der Waals surface area contributed by atoms with E-state index in [1.165, 1.54) is 23.8 Å². The van der Waals surface area contributed by atoms with E-state index in [0.29, 0.717) is 43.4 Å². The van der Waals surface area contributed by atoms with Gasteiger partial charge in [-0.25, -0.2) is 13.4 Å². The molecule has 1 aliphatic heterocycles. The van der Waals surface area contributed by atoms with Gasteiger partial charge in [0, 0.05) is 48.9 Å². The molecule has 1 fully saturated rings. The topological polar surface area (TPSA) is 92.9 Å². The van der Waals surface area contributed by atoms with Gasteiger partial charge in [-0.05, 0) is 30.7 Å². The van der Waals surface area contributed by atoms with E-state index in [1.54, 1.807) is 16.6 Å². The molecule has 0 spiro atoms. The number of aromatic nitrogens is 4. The van der Waals surface area contributed by atoms with Crippen molar-refractivity contribution in [2.45, 2.75) is 18.2 Å². The maximum absolute atomic E-state index is 13.4. The van der Waals surface area contributed by atoms with Crippen molar-refractivity contribution in [1.29, 1.82) is 0 Å². The number of hydrogen-bond acceptors (Lipinski definition) is 7. The molecule has 4 aromatic rings. The van der Waals surface area contributed by atoms with Gasteiger partial charge in [0.05, 0.1) is 7.11 Å². The largest absolute Gasteiger partial charge is 0.495 e. The minimum Gasteiger partial charge on any atom is -0.495 e. The molecular weight excluding hydrogens is 488 g/mol. The Balaban J connectivity index is 1.46. The first kappa shape index (κ1) is 23.5. The predicted molar refractivity (Wildman–Crippen MR) is 134 cm³/mol. The van der Waals surface area contributed by atoms with Crippen LogP contribution >= 0.6 is 11.6 Å². The van der Waals surface area contributed by atoms with Crippen LogP contribution in [0.2, 0.25) is 5.02 Å².